The molecule has 0 radical (unpaired) electrons. The number of carbonyl (C=O) groups excluding carboxylic acids is 2. The monoisotopic (exact) mass is 424 g/mol. The molecule has 156 valence electrons. The molecular formula is C22H24N4O3S. The minimum absolute atomic E-state index is 0.160. The molecule has 0 aliphatic carbocycles. The summed E-state index contributed by atoms with van der Waals surface area (Å²) >= 11 is 1.28. The standard InChI is InChI=1S/C22H24N4O3S/c1-3-4-13-29-18-11-9-16(10-12-18)20(28)23-14-19(27)24-22-26-25-21(30-22)17-7-5-15(2)6-8-17/h5-12H,3-4,13-14H2,1-2H3,(H,23,28)(H,24,26,27). The summed E-state index contributed by atoms with van der Waals surface area (Å²) < 4.78 is 5.58. The van der Waals surface area contributed by atoms with E-state index in [1.165, 1.54) is 11.3 Å². The molecule has 2 N–H and O–H groups in total. The van der Waals surface area contributed by atoms with Gasteiger partial charge in [0.05, 0.1) is 13.2 Å². The molecule has 0 bridgehead atoms. The van der Waals surface area contributed by atoms with Crippen molar-refractivity contribution < 1.29 is 14.3 Å². The average molecular weight is 425 g/mol. The third-order valence-corrected chi connectivity index (χ3v) is 5.15. The molecule has 3 rings (SSSR count). The molecule has 0 spiro atoms. The lowest BCUT2D eigenvalue weighted by Crippen LogP contribution is -2.32. The van der Waals surface area contributed by atoms with Crippen molar-refractivity contribution in [1.29, 1.82) is 0 Å². The van der Waals surface area contributed by atoms with Crippen LogP contribution in [0.2, 0.25) is 0 Å². The van der Waals surface area contributed by atoms with Gasteiger partial charge in [-0.1, -0.05) is 54.5 Å². The Morgan fingerprint density at radius 1 is 1.03 bits per heavy atom. The van der Waals surface area contributed by atoms with Crippen molar-refractivity contribution in [2.45, 2.75) is 26.7 Å². The van der Waals surface area contributed by atoms with Crippen LogP contribution >= 0.6 is 11.3 Å². The summed E-state index contributed by atoms with van der Waals surface area (Å²) in [5.41, 5.74) is 2.56. The first-order chi connectivity index (χ1) is 14.5. The van der Waals surface area contributed by atoms with Gasteiger partial charge in [-0.05, 0) is 37.6 Å². The molecule has 2 amide bonds. The van der Waals surface area contributed by atoms with Crippen LogP contribution in [0.5, 0.6) is 5.75 Å². The van der Waals surface area contributed by atoms with Crippen molar-refractivity contribution in [3.05, 3.63) is 59.7 Å². The van der Waals surface area contributed by atoms with Crippen LogP contribution in [-0.2, 0) is 4.79 Å². The van der Waals surface area contributed by atoms with Crippen molar-refractivity contribution in [1.82, 2.24) is 15.5 Å². The summed E-state index contributed by atoms with van der Waals surface area (Å²) in [5.74, 6) is 0.0238. The predicted octanol–water partition coefficient (Wildman–Crippen LogP) is 4.06. The van der Waals surface area contributed by atoms with E-state index in [9.17, 15) is 9.59 Å². The van der Waals surface area contributed by atoms with Gasteiger partial charge < -0.3 is 10.1 Å². The lowest BCUT2D eigenvalue weighted by atomic mass is 10.2. The maximum Gasteiger partial charge on any atom is 0.251 e. The first-order valence-electron chi connectivity index (χ1n) is 9.76. The van der Waals surface area contributed by atoms with E-state index in [0.717, 1.165) is 34.7 Å². The fourth-order valence-corrected chi connectivity index (χ4v) is 3.31. The van der Waals surface area contributed by atoms with Crippen molar-refractivity contribution >= 4 is 28.3 Å². The zero-order valence-electron chi connectivity index (χ0n) is 17.0. The number of nitrogens with zero attached hydrogens (tertiary/aromatic N) is 2. The Hall–Kier alpha value is -3.26. The molecule has 3 aromatic rings. The molecule has 30 heavy (non-hydrogen) atoms. The third-order valence-electron chi connectivity index (χ3n) is 4.26. The molecule has 1 aromatic heterocycles. The van der Waals surface area contributed by atoms with E-state index in [1.807, 2.05) is 31.2 Å². The zero-order chi connectivity index (χ0) is 21.3. The summed E-state index contributed by atoms with van der Waals surface area (Å²) in [6.45, 7) is 4.60. The lowest BCUT2D eigenvalue weighted by Gasteiger charge is -2.07. The predicted molar refractivity (Wildman–Crippen MR) is 118 cm³/mol. The minimum Gasteiger partial charge on any atom is -0.494 e. The summed E-state index contributed by atoms with van der Waals surface area (Å²) in [6.07, 6.45) is 2.05. The largest absolute Gasteiger partial charge is 0.494 e. The molecule has 0 atom stereocenters. The molecule has 0 aliphatic heterocycles. The van der Waals surface area contributed by atoms with Crippen LogP contribution in [0.4, 0.5) is 5.13 Å². The van der Waals surface area contributed by atoms with Crippen molar-refractivity contribution in [2.24, 2.45) is 0 Å². The highest BCUT2D eigenvalue weighted by atomic mass is 32.1. The van der Waals surface area contributed by atoms with E-state index in [2.05, 4.69) is 27.8 Å². The molecule has 0 unspecified atom stereocenters. The topological polar surface area (TPSA) is 93.2 Å². The number of aromatic nitrogens is 2. The van der Waals surface area contributed by atoms with Crippen molar-refractivity contribution in [2.75, 3.05) is 18.5 Å². The number of benzene rings is 2. The van der Waals surface area contributed by atoms with E-state index >= 15 is 0 Å². The number of anilines is 1. The Morgan fingerprint density at radius 2 is 1.77 bits per heavy atom. The maximum atomic E-state index is 12.2. The second-order valence-electron chi connectivity index (χ2n) is 6.74. The zero-order valence-corrected chi connectivity index (χ0v) is 17.8. The normalized spacial score (nSPS) is 10.5. The highest BCUT2D eigenvalue weighted by Crippen LogP contribution is 2.26. The van der Waals surface area contributed by atoms with E-state index in [-0.39, 0.29) is 18.4 Å². The number of hydrogen-bond donors (Lipinski definition) is 2. The van der Waals surface area contributed by atoms with Crippen LogP contribution in [-0.4, -0.2) is 35.2 Å². The Bertz CT molecular complexity index is 984. The molecule has 0 saturated carbocycles. The van der Waals surface area contributed by atoms with E-state index in [4.69, 9.17) is 4.74 Å². The smallest absolute Gasteiger partial charge is 0.251 e. The van der Waals surface area contributed by atoms with Gasteiger partial charge in [0.15, 0.2) is 0 Å². The quantitative estimate of drug-likeness (QED) is 0.505. The molecule has 8 heteroatoms. The van der Waals surface area contributed by atoms with Crippen molar-refractivity contribution in [3.8, 4) is 16.3 Å². The Morgan fingerprint density at radius 3 is 2.47 bits per heavy atom. The summed E-state index contributed by atoms with van der Waals surface area (Å²) in [4.78, 5) is 24.4. The number of hydrogen-bond acceptors (Lipinski definition) is 6. The van der Waals surface area contributed by atoms with Gasteiger partial charge in [0.2, 0.25) is 11.0 Å². The first-order valence-corrected chi connectivity index (χ1v) is 10.6. The molecular weight excluding hydrogens is 400 g/mol. The number of amides is 2. The lowest BCUT2D eigenvalue weighted by molar-refractivity contribution is -0.115. The molecule has 2 aromatic carbocycles. The molecule has 0 aliphatic rings. The van der Waals surface area contributed by atoms with Crippen LogP contribution in [0.3, 0.4) is 0 Å². The fourth-order valence-electron chi connectivity index (χ4n) is 2.55. The van der Waals surface area contributed by atoms with Crippen LogP contribution in [0.15, 0.2) is 48.5 Å². The van der Waals surface area contributed by atoms with Crippen LogP contribution in [0.1, 0.15) is 35.7 Å². The van der Waals surface area contributed by atoms with Gasteiger partial charge in [0.25, 0.3) is 5.91 Å². The van der Waals surface area contributed by atoms with Gasteiger partial charge in [-0.15, -0.1) is 10.2 Å². The SMILES string of the molecule is CCCCOc1ccc(C(=O)NCC(=O)Nc2nnc(-c3ccc(C)cc3)s2)cc1. The highest BCUT2D eigenvalue weighted by molar-refractivity contribution is 7.18. The van der Waals surface area contributed by atoms with Gasteiger partial charge in [-0.25, -0.2) is 0 Å². The second-order valence-corrected chi connectivity index (χ2v) is 7.71. The maximum absolute atomic E-state index is 12.2. The van der Waals surface area contributed by atoms with Gasteiger partial charge >= 0.3 is 0 Å². The number of carbonyl (C=O) groups is 2. The third kappa shape index (κ3) is 6.12. The number of aryl methyl sites for hydroxylation is 1. The average Bonchev–Trinajstić information content (AvgIpc) is 3.21. The second kappa shape index (κ2) is 10.5. The van der Waals surface area contributed by atoms with E-state index in [0.29, 0.717) is 17.3 Å². The number of rotatable bonds is 9. The minimum atomic E-state index is -0.366. The Kier molecular flexibility index (Phi) is 7.51. The van der Waals surface area contributed by atoms with Gasteiger partial charge in [0.1, 0.15) is 10.8 Å². The van der Waals surface area contributed by atoms with Crippen LogP contribution < -0.4 is 15.4 Å². The summed E-state index contributed by atoms with van der Waals surface area (Å²) in [5, 5.41) is 14.5. The summed E-state index contributed by atoms with van der Waals surface area (Å²) in [6, 6.07) is 14.8. The number of ether oxygens (including phenoxy) is 1. The Balaban J connectivity index is 1.47. The fraction of sp³-hybridized carbons (Fsp3) is 0.273. The molecule has 0 fully saturated rings. The number of unbranched alkanes of at least 4 members (excludes halogenated alkanes) is 1. The van der Waals surface area contributed by atoms with Crippen molar-refractivity contribution in [3.63, 3.8) is 0 Å². The van der Waals surface area contributed by atoms with Gasteiger partial charge in [-0.2, -0.15) is 0 Å². The Labute approximate surface area is 179 Å². The summed E-state index contributed by atoms with van der Waals surface area (Å²) in [7, 11) is 0. The molecule has 0 saturated heterocycles. The van der Waals surface area contributed by atoms with Gasteiger partial charge in [-0.3, -0.25) is 14.9 Å². The van der Waals surface area contributed by atoms with Crippen LogP contribution in [0, 0.1) is 6.92 Å². The van der Waals surface area contributed by atoms with E-state index in [1.54, 1.807) is 24.3 Å². The highest BCUT2D eigenvalue weighted by Gasteiger charge is 2.12. The van der Waals surface area contributed by atoms with E-state index < -0.39 is 0 Å². The molecule has 1 heterocycles. The first kappa shape index (κ1) is 21.4. The van der Waals surface area contributed by atoms with Gasteiger partial charge in [0, 0.05) is 11.1 Å². The number of nitrogens with one attached hydrogen (secondary N) is 2. The molecule has 7 nitrogen and oxygen atoms in total. The van der Waals surface area contributed by atoms with Crippen LogP contribution in [0.25, 0.3) is 10.6 Å².